The van der Waals surface area contributed by atoms with Crippen LogP contribution >= 0.6 is 0 Å². The van der Waals surface area contributed by atoms with Crippen LogP contribution in [0.1, 0.15) is 30.1 Å². The van der Waals surface area contributed by atoms with Crippen molar-refractivity contribution < 1.29 is 4.79 Å². The topological polar surface area (TPSA) is 32.3 Å². The van der Waals surface area contributed by atoms with Gasteiger partial charge in [-0.1, -0.05) is 18.1 Å². The van der Waals surface area contributed by atoms with E-state index < -0.39 is 0 Å². The van der Waals surface area contributed by atoms with Gasteiger partial charge in [-0.25, -0.2) is 0 Å². The summed E-state index contributed by atoms with van der Waals surface area (Å²) < 4.78 is 0. The predicted molar refractivity (Wildman–Crippen MR) is 78.1 cm³/mol. The van der Waals surface area contributed by atoms with Gasteiger partial charge >= 0.3 is 0 Å². The Balaban J connectivity index is 2.17. The van der Waals surface area contributed by atoms with Gasteiger partial charge in [-0.3, -0.25) is 4.79 Å². The van der Waals surface area contributed by atoms with E-state index in [2.05, 4.69) is 11.2 Å². The molecule has 3 nitrogen and oxygen atoms in total. The predicted octanol–water partition coefficient (Wildman–Crippen LogP) is 2.60. The van der Waals surface area contributed by atoms with Crippen molar-refractivity contribution in [3.05, 3.63) is 29.8 Å². The highest BCUT2D eigenvalue weighted by atomic mass is 16.2. The van der Waals surface area contributed by atoms with E-state index in [1.807, 2.05) is 31.2 Å². The van der Waals surface area contributed by atoms with Gasteiger partial charge in [0.05, 0.1) is 12.1 Å². The van der Waals surface area contributed by atoms with Gasteiger partial charge in [0.2, 0.25) is 0 Å². The third-order valence-corrected chi connectivity index (χ3v) is 3.27. The lowest BCUT2D eigenvalue weighted by Gasteiger charge is -2.21. The molecule has 1 saturated carbocycles. The Labute approximate surface area is 115 Å². The molecule has 1 N–H and O–H groups in total. The summed E-state index contributed by atoms with van der Waals surface area (Å²) in [5.41, 5.74) is 1.59. The minimum atomic E-state index is 0.0291. The molecule has 0 atom stereocenters. The van der Waals surface area contributed by atoms with Crippen LogP contribution in [-0.4, -0.2) is 30.4 Å². The zero-order chi connectivity index (χ0) is 13.7. The van der Waals surface area contributed by atoms with Crippen LogP contribution in [0.3, 0.4) is 0 Å². The third kappa shape index (κ3) is 3.51. The molecule has 2 rings (SSSR count). The number of benzene rings is 1. The molecule has 0 saturated heterocycles. The molecule has 0 spiro atoms. The summed E-state index contributed by atoms with van der Waals surface area (Å²) in [4.78, 5) is 14.4. The van der Waals surface area contributed by atoms with Crippen molar-refractivity contribution in [1.82, 2.24) is 4.90 Å². The number of hydrogen-bond donors (Lipinski definition) is 1. The number of hydrogen-bond acceptors (Lipinski definition) is 2. The van der Waals surface area contributed by atoms with Crippen LogP contribution in [0.5, 0.6) is 0 Å². The van der Waals surface area contributed by atoms with Gasteiger partial charge in [0.15, 0.2) is 0 Å². The van der Waals surface area contributed by atoms with Gasteiger partial charge in [-0.2, -0.15) is 0 Å². The first-order valence-corrected chi connectivity index (χ1v) is 6.82. The van der Waals surface area contributed by atoms with E-state index in [0.29, 0.717) is 18.0 Å². The van der Waals surface area contributed by atoms with Gasteiger partial charge in [-0.15, -0.1) is 6.42 Å². The van der Waals surface area contributed by atoms with Crippen molar-refractivity contribution in [2.24, 2.45) is 5.92 Å². The van der Waals surface area contributed by atoms with Gasteiger partial charge in [0.25, 0.3) is 5.91 Å². The first kappa shape index (κ1) is 13.5. The molecule has 19 heavy (non-hydrogen) atoms. The molecular weight excluding hydrogens is 236 g/mol. The zero-order valence-electron chi connectivity index (χ0n) is 11.4. The average molecular weight is 256 g/mol. The summed E-state index contributed by atoms with van der Waals surface area (Å²) in [5.74, 6) is 3.26. The first-order valence-electron chi connectivity index (χ1n) is 6.82. The summed E-state index contributed by atoms with van der Waals surface area (Å²) in [6, 6.07) is 7.61. The second-order valence-corrected chi connectivity index (χ2v) is 4.91. The van der Waals surface area contributed by atoms with Gasteiger partial charge in [0.1, 0.15) is 0 Å². The zero-order valence-corrected chi connectivity index (χ0v) is 11.4. The second kappa shape index (κ2) is 6.29. The number of anilines is 1. The number of nitrogens with zero attached hydrogens (tertiary/aromatic N) is 1. The number of nitrogens with one attached hydrogen (secondary N) is 1. The molecule has 0 aliphatic heterocycles. The molecule has 1 aromatic rings. The van der Waals surface area contributed by atoms with Crippen molar-refractivity contribution in [2.45, 2.75) is 19.8 Å². The largest absolute Gasteiger partial charge is 0.385 e. The lowest BCUT2D eigenvalue weighted by molar-refractivity contribution is 0.0770. The molecule has 1 aliphatic carbocycles. The summed E-state index contributed by atoms with van der Waals surface area (Å²) in [5, 5.41) is 3.22. The Hall–Kier alpha value is -1.95. The summed E-state index contributed by atoms with van der Waals surface area (Å²) in [6.07, 6.45) is 7.80. The van der Waals surface area contributed by atoms with E-state index in [-0.39, 0.29) is 5.91 Å². The van der Waals surface area contributed by atoms with Crippen LogP contribution in [0.4, 0.5) is 5.69 Å². The maximum Gasteiger partial charge on any atom is 0.256 e. The lowest BCUT2D eigenvalue weighted by atomic mass is 10.1. The molecule has 0 bridgehead atoms. The fourth-order valence-electron chi connectivity index (χ4n) is 2.13. The monoisotopic (exact) mass is 256 g/mol. The van der Waals surface area contributed by atoms with Crippen molar-refractivity contribution in [3.8, 4) is 12.3 Å². The quantitative estimate of drug-likeness (QED) is 0.793. The van der Waals surface area contributed by atoms with Crippen LogP contribution in [0, 0.1) is 18.3 Å². The van der Waals surface area contributed by atoms with E-state index in [9.17, 15) is 4.79 Å². The van der Waals surface area contributed by atoms with Crippen LogP contribution in [0.15, 0.2) is 24.3 Å². The van der Waals surface area contributed by atoms with Crippen molar-refractivity contribution >= 4 is 11.6 Å². The average Bonchev–Trinajstić information content (AvgIpc) is 3.22. The third-order valence-electron chi connectivity index (χ3n) is 3.27. The van der Waals surface area contributed by atoms with Crippen molar-refractivity contribution in [1.29, 1.82) is 0 Å². The number of terminal acetylenes is 1. The Bertz CT molecular complexity index is 486. The lowest BCUT2D eigenvalue weighted by Crippen LogP contribution is -2.33. The fraction of sp³-hybridized carbons (Fsp3) is 0.438. The molecule has 1 fully saturated rings. The van der Waals surface area contributed by atoms with Crippen LogP contribution in [-0.2, 0) is 0 Å². The van der Waals surface area contributed by atoms with E-state index in [1.54, 1.807) is 4.90 Å². The Morgan fingerprint density at radius 1 is 1.47 bits per heavy atom. The molecule has 1 aromatic carbocycles. The first-order chi connectivity index (χ1) is 9.26. The summed E-state index contributed by atoms with van der Waals surface area (Å²) >= 11 is 0. The molecular formula is C16H20N2O. The highest BCUT2D eigenvalue weighted by Gasteiger charge is 2.27. The number of carbonyl (C=O) groups is 1. The summed E-state index contributed by atoms with van der Waals surface area (Å²) in [7, 11) is 0. The SMILES string of the molecule is C#CCN(CC1CC1)C(=O)c1ccccc1NCC. The number of rotatable bonds is 6. The van der Waals surface area contributed by atoms with Gasteiger partial charge < -0.3 is 10.2 Å². The molecule has 3 heteroatoms. The van der Waals surface area contributed by atoms with Crippen LogP contribution in [0.25, 0.3) is 0 Å². The number of amides is 1. The van der Waals surface area contributed by atoms with Gasteiger partial charge in [0, 0.05) is 18.8 Å². The van der Waals surface area contributed by atoms with E-state index in [4.69, 9.17) is 6.42 Å². The van der Waals surface area contributed by atoms with E-state index in [0.717, 1.165) is 18.8 Å². The van der Waals surface area contributed by atoms with Crippen LogP contribution < -0.4 is 5.32 Å². The Morgan fingerprint density at radius 2 is 2.21 bits per heavy atom. The van der Waals surface area contributed by atoms with E-state index >= 15 is 0 Å². The number of para-hydroxylation sites is 1. The molecule has 1 amide bonds. The second-order valence-electron chi connectivity index (χ2n) is 4.91. The Kier molecular flexibility index (Phi) is 4.46. The number of carbonyl (C=O) groups excluding carboxylic acids is 1. The smallest absolute Gasteiger partial charge is 0.256 e. The maximum absolute atomic E-state index is 12.6. The molecule has 0 unspecified atom stereocenters. The van der Waals surface area contributed by atoms with Crippen LogP contribution in [0.2, 0.25) is 0 Å². The van der Waals surface area contributed by atoms with Gasteiger partial charge in [-0.05, 0) is 37.8 Å². The summed E-state index contributed by atoms with van der Waals surface area (Å²) in [6.45, 7) is 3.98. The van der Waals surface area contributed by atoms with Crippen molar-refractivity contribution in [3.63, 3.8) is 0 Å². The normalized spacial score (nSPS) is 13.7. The van der Waals surface area contributed by atoms with Crippen molar-refractivity contribution in [2.75, 3.05) is 25.0 Å². The highest BCUT2D eigenvalue weighted by molar-refractivity contribution is 5.99. The fourth-order valence-corrected chi connectivity index (χ4v) is 2.13. The molecule has 0 heterocycles. The molecule has 0 aromatic heterocycles. The minimum Gasteiger partial charge on any atom is -0.385 e. The minimum absolute atomic E-state index is 0.0291. The molecule has 100 valence electrons. The molecule has 1 aliphatic rings. The molecule has 0 radical (unpaired) electrons. The highest BCUT2D eigenvalue weighted by Crippen LogP contribution is 2.30. The van der Waals surface area contributed by atoms with E-state index in [1.165, 1.54) is 12.8 Å². The Morgan fingerprint density at radius 3 is 2.84 bits per heavy atom. The maximum atomic E-state index is 12.6. The standard InChI is InChI=1S/C16H20N2O/c1-3-11-18(12-13-9-10-13)16(19)14-7-5-6-8-15(14)17-4-2/h1,5-8,13,17H,4,9-12H2,2H3.